The zero-order valence-electron chi connectivity index (χ0n) is 17.6. The molecule has 1 fully saturated rings. The maximum atomic E-state index is 12.6. The Hall–Kier alpha value is -3.03. The second-order valence-corrected chi connectivity index (χ2v) is 8.29. The van der Waals surface area contributed by atoms with Crippen molar-refractivity contribution in [1.29, 1.82) is 0 Å². The number of benzene rings is 1. The van der Waals surface area contributed by atoms with Crippen LogP contribution in [0, 0.1) is 0 Å². The lowest BCUT2D eigenvalue weighted by Crippen LogP contribution is -2.45. The second-order valence-electron chi connectivity index (χ2n) is 8.29. The number of fused-ring (bicyclic) bond motifs is 1. The quantitative estimate of drug-likeness (QED) is 0.664. The minimum absolute atomic E-state index is 0.229. The zero-order chi connectivity index (χ0) is 21.0. The molecule has 3 heterocycles. The SMILES string of the molecule is O=C(Nc1ccc2c(c1)CCC2)c1coc(CN2CCN(Cc3ccccn3)CC2)n1. The van der Waals surface area contributed by atoms with Crippen LogP contribution in [-0.4, -0.2) is 51.9 Å². The number of rotatable bonds is 6. The molecule has 0 saturated carbocycles. The first-order valence-electron chi connectivity index (χ1n) is 10.9. The number of pyridine rings is 1. The smallest absolute Gasteiger partial charge is 0.277 e. The van der Waals surface area contributed by atoms with E-state index in [4.69, 9.17) is 4.42 Å². The Labute approximate surface area is 182 Å². The number of piperazine rings is 1. The molecule has 1 amide bonds. The molecule has 1 N–H and O–H groups in total. The molecule has 2 aliphatic rings. The molecule has 1 aromatic carbocycles. The van der Waals surface area contributed by atoms with E-state index in [0.29, 0.717) is 18.1 Å². The Balaban J connectivity index is 1.12. The van der Waals surface area contributed by atoms with Crippen LogP contribution in [0.15, 0.2) is 53.3 Å². The van der Waals surface area contributed by atoms with Gasteiger partial charge in [0.25, 0.3) is 5.91 Å². The lowest BCUT2D eigenvalue weighted by molar-refractivity contribution is 0.102. The molecular formula is C24H27N5O2. The van der Waals surface area contributed by atoms with Gasteiger partial charge in [0.2, 0.25) is 5.89 Å². The molecule has 160 valence electrons. The Kier molecular flexibility index (Phi) is 5.78. The van der Waals surface area contributed by atoms with Crippen LogP contribution >= 0.6 is 0 Å². The van der Waals surface area contributed by atoms with Gasteiger partial charge in [-0.2, -0.15) is 0 Å². The molecule has 0 radical (unpaired) electrons. The molecule has 0 atom stereocenters. The van der Waals surface area contributed by atoms with Crippen molar-refractivity contribution in [1.82, 2.24) is 19.8 Å². The maximum Gasteiger partial charge on any atom is 0.277 e. The molecule has 0 unspecified atom stereocenters. The minimum atomic E-state index is -0.229. The summed E-state index contributed by atoms with van der Waals surface area (Å²) >= 11 is 0. The van der Waals surface area contributed by atoms with Gasteiger partial charge in [0.05, 0.1) is 12.2 Å². The van der Waals surface area contributed by atoms with Crippen LogP contribution in [0.2, 0.25) is 0 Å². The molecule has 1 aliphatic carbocycles. The average molecular weight is 418 g/mol. The first kappa shape index (κ1) is 19.9. The third-order valence-electron chi connectivity index (χ3n) is 6.08. The number of amides is 1. The van der Waals surface area contributed by atoms with Crippen LogP contribution in [0.1, 0.15) is 39.6 Å². The van der Waals surface area contributed by atoms with Crippen molar-refractivity contribution in [2.24, 2.45) is 0 Å². The maximum absolute atomic E-state index is 12.6. The summed E-state index contributed by atoms with van der Waals surface area (Å²) in [4.78, 5) is 26.1. The summed E-state index contributed by atoms with van der Waals surface area (Å²) in [5.74, 6) is 0.352. The molecule has 3 aromatic rings. The molecule has 1 aliphatic heterocycles. The number of carbonyl (C=O) groups is 1. The highest BCUT2D eigenvalue weighted by Gasteiger charge is 2.20. The number of carbonyl (C=O) groups excluding carboxylic acids is 1. The van der Waals surface area contributed by atoms with E-state index in [-0.39, 0.29) is 5.91 Å². The van der Waals surface area contributed by atoms with Gasteiger partial charge in [0.15, 0.2) is 5.69 Å². The lowest BCUT2D eigenvalue weighted by atomic mass is 10.1. The molecule has 5 rings (SSSR count). The predicted octanol–water partition coefficient (Wildman–Crippen LogP) is 3.13. The van der Waals surface area contributed by atoms with Crippen molar-refractivity contribution in [2.75, 3.05) is 31.5 Å². The van der Waals surface area contributed by atoms with Gasteiger partial charge in [-0.25, -0.2) is 4.98 Å². The van der Waals surface area contributed by atoms with E-state index < -0.39 is 0 Å². The summed E-state index contributed by atoms with van der Waals surface area (Å²) in [6, 6.07) is 12.2. The van der Waals surface area contributed by atoms with E-state index in [1.165, 1.54) is 23.8 Å². The highest BCUT2D eigenvalue weighted by molar-refractivity contribution is 6.02. The predicted molar refractivity (Wildman–Crippen MR) is 118 cm³/mol. The Morgan fingerprint density at radius 3 is 2.61 bits per heavy atom. The first-order chi connectivity index (χ1) is 15.2. The number of nitrogens with one attached hydrogen (secondary N) is 1. The third kappa shape index (κ3) is 4.84. The fourth-order valence-corrected chi connectivity index (χ4v) is 4.35. The van der Waals surface area contributed by atoms with Gasteiger partial charge in [-0.05, 0) is 54.7 Å². The normalized spacial score (nSPS) is 16.9. The first-order valence-corrected chi connectivity index (χ1v) is 10.9. The van der Waals surface area contributed by atoms with E-state index >= 15 is 0 Å². The van der Waals surface area contributed by atoms with Gasteiger partial charge in [-0.3, -0.25) is 19.6 Å². The molecule has 0 bridgehead atoms. The monoisotopic (exact) mass is 417 g/mol. The topological polar surface area (TPSA) is 74.5 Å². The Bertz CT molecular complexity index is 1040. The van der Waals surface area contributed by atoms with Gasteiger partial charge < -0.3 is 9.73 Å². The summed E-state index contributed by atoms with van der Waals surface area (Å²) in [5.41, 5.74) is 4.97. The van der Waals surface area contributed by atoms with E-state index in [1.807, 2.05) is 24.4 Å². The number of hydrogen-bond acceptors (Lipinski definition) is 6. The Morgan fingerprint density at radius 1 is 1.00 bits per heavy atom. The summed E-state index contributed by atoms with van der Waals surface area (Å²) in [5, 5.41) is 2.95. The van der Waals surface area contributed by atoms with Crippen LogP contribution < -0.4 is 5.32 Å². The molecule has 7 heteroatoms. The molecule has 0 spiro atoms. The van der Waals surface area contributed by atoms with Crippen molar-refractivity contribution in [3.63, 3.8) is 0 Å². The van der Waals surface area contributed by atoms with E-state index in [0.717, 1.165) is 56.9 Å². The van der Waals surface area contributed by atoms with Gasteiger partial charge in [0.1, 0.15) is 6.26 Å². The minimum Gasteiger partial charge on any atom is -0.447 e. The molecule has 2 aromatic heterocycles. The fourth-order valence-electron chi connectivity index (χ4n) is 4.35. The van der Waals surface area contributed by atoms with Crippen LogP contribution in [0.4, 0.5) is 5.69 Å². The molecule has 1 saturated heterocycles. The average Bonchev–Trinajstić information content (AvgIpc) is 3.45. The number of aromatic nitrogens is 2. The largest absolute Gasteiger partial charge is 0.447 e. The van der Waals surface area contributed by atoms with Crippen LogP contribution in [0.25, 0.3) is 0 Å². The zero-order valence-corrected chi connectivity index (χ0v) is 17.6. The summed E-state index contributed by atoms with van der Waals surface area (Å²) < 4.78 is 5.59. The van der Waals surface area contributed by atoms with Gasteiger partial charge in [0, 0.05) is 44.6 Å². The number of anilines is 1. The number of nitrogens with zero attached hydrogens (tertiary/aromatic N) is 4. The second kappa shape index (κ2) is 8.99. The van der Waals surface area contributed by atoms with E-state index in [9.17, 15) is 4.79 Å². The molecular weight excluding hydrogens is 390 g/mol. The highest BCUT2D eigenvalue weighted by atomic mass is 16.3. The van der Waals surface area contributed by atoms with Crippen molar-refractivity contribution in [3.8, 4) is 0 Å². The van der Waals surface area contributed by atoms with Crippen LogP contribution in [0.3, 0.4) is 0 Å². The van der Waals surface area contributed by atoms with Gasteiger partial charge >= 0.3 is 0 Å². The van der Waals surface area contributed by atoms with Crippen LogP contribution in [0.5, 0.6) is 0 Å². The van der Waals surface area contributed by atoms with E-state index in [2.05, 4.69) is 43.3 Å². The van der Waals surface area contributed by atoms with Gasteiger partial charge in [-0.1, -0.05) is 12.1 Å². The van der Waals surface area contributed by atoms with Crippen molar-refractivity contribution in [3.05, 3.63) is 77.3 Å². The summed E-state index contributed by atoms with van der Waals surface area (Å²) in [6.45, 7) is 5.31. The molecule has 31 heavy (non-hydrogen) atoms. The van der Waals surface area contributed by atoms with Crippen molar-refractivity contribution < 1.29 is 9.21 Å². The lowest BCUT2D eigenvalue weighted by Gasteiger charge is -2.33. The van der Waals surface area contributed by atoms with Crippen LogP contribution in [-0.2, 0) is 25.9 Å². The number of oxazole rings is 1. The third-order valence-corrected chi connectivity index (χ3v) is 6.08. The standard InChI is InChI=1S/C24H27N5O2/c30-24(26-20-8-7-18-4-3-5-19(18)14-20)22-17-31-23(27-22)16-29-12-10-28(11-13-29)15-21-6-1-2-9-25-21/h1-2,6-9,14,17H,3-5,10-13,15-16H2,(H,26,30). The number of aryl methyl sites for hydroxylation is 2. The highest BCUT2D eigenvalue weighted by Crippen LogP contribution is 2.25. The summed E-state index contributed by atoms with van der Waals surface area (Å²) in [6.07, 6.45) is 6.70. The molecule has 7 nitrogen and oxygen atoms in total. The number of hydrogen-bond donors (Lipinski definition) is 1. The Morgan fingerprint density at radius 2 is 1.81 bits per heavy atom. The van der Waals surface area contributed by atoms with Gasteiger partial charge in [-0.15, -0.1) is 0 Å². The fraction of sp³-hybridized carbons (Fsp3) is 0.375. The van der Waals surface area contributed by atoms with Crippen molar-refractivity contribution in [2.45, 2.75) is 32.4 Å². The summed E-state index contributed by atoms with van der Waals surface area (Å²) in [7, 11) is 0. The van der Waals surface area contributed by atoms with Crippen molar-refractivity contribution >= 4 is 11.6 Å². The van der Waals surface area contributed by atoms with E-state index in [1.54, 1.807) is 0 Å².